The first-order valence-electron chi connectivity index (χ1n) is 4.21. The van der Waals surface area contributed by atoms with E-state index >= 15 is 0 Å². The predicted octanol–water partition coefficient (Wildman–Crippen LogP) is 1.54. The lowest BCUT2D eigenvalue weighted by molar-refractivity contribution is 1.06. The molecule has 0 amide bonds. The Hall–Kier alpha value is -2.15. The van der Waals surface area contributed by atoms with Gasteiger partial charge in [-0.1, -0.05) is 0 Å². The molecule has 2 rings (SSSR count). The first-order chi connectivity index (χ1) is 6.90. The maximum Gasteiger partial charge on any atom is 0.120 e. The molecule has 0 aliphatic carbocycles. The van der Waals surface area contributed by atoms with E-state index in [0.29, 0.717) is 12.2 Å². The summed E-state index contributed by atoms with van der Waals surface area (Å²) < 4.78 is 0. The molecule has 0 fully saturated rings. The van der Waals surface area contributed by atoms with Crippen LogP contribution in [-0.2, 0) is 6.42 Å². The van der Waals surface area contributed by atoms with Gasteiger partial charge in [-0.2, -0.15) is 5.26 Å². The molecule has 14 heavy (non-hydrogen) atoms. The van der Waals surface area contributed by atoms with Crippen molar-refractivity contribution in [1.82, 2.24) is 15.0 Å². The molecule has 2 aromatic heterocycles. The summed E-state index contributed by atoms with van der Waals surface area (Å²) in [5, 5.41) is 8.48. The molecule has 0 saturated carbocycles. The molecule has 1 N–H and O–H groups in total. The van der Waals surface area contributed by atoms with Crippen LogP contribution in [0, 0.1) is 11.3 Å². The number of hydrogen-bond acceptors (Lipinski definition) is 3. The van der Waals surface area contributed by atoms with Crippen LogP contribution in [0.4, 0.5) is 0 Å². The lowest BCUT2D eigenvalue weighted by atomic mass is 10.2. The third-order valence-electron chi connectivity index (χ3n) is 1.85. The number of pyridine rings is 1. The van der Waals surface area contributed by atoms with E-state index in [0.717, 1.165) is 11.3 Å². The summed E-state index contributed by atoms with van der Waals surface area (Å²) >= 11 is 0. The summed E-state index contributed by atoms with van der Waals surface area (Å²) in [4.78, 5) is 11.1. The molecule has 68 valence electrons. The van der Waals surface area contributed by atoms with E-state index in [1.807, 2.05) is 18.2 Å². The Kier molecular flexibility index (Phi) is 2.24. The lowest BCUT2D eigenvalue weighted by Crippen LogP contribution is -1.84. The van der Waals surface area contributed by atoms with Crippen molar-refractivity contribution in [1.29, 1.82) is 5.26 Å². The summed E-state index contributed by atoms with van der Waals surface area (Å²) in [7, 11) is 0. The number of H-pyrrole nitrogens is 1. The van der Waals surface area contributed by atoms with Gasteiger partial charge in [0, 0.05) is 18.0 Å². The molecule has 0 saturated heterocycles. The molecular weight excluding hydrogens is 176 g/mol. The van der Waals surface area contributed by atoms with Gasteiger partial charge in [0.1, 0.15) is 5.82 Å². The summed E-state index contributed by atoms with van der Waals surface area (Å²) in [5.74, 6) is 0.686. The Morgan fingerprint density at radius 2 is 2.36 bits per heavy atom. The van der Waals surface area contributed by atoms with Crippen LogP contribution >= 0.6 is 0 Å². The molecule has 0 aliphatic heterocycles. The highest BCUT2D eigenvalue weighted by Gasteiger charge is 2.01. The fourth-order valence-electron chi connectivity index (χ4n) is 1.20. The standard InChI is InChI=1S/C10H8N4/c11-4-3-10-13-7-9(14-10)8-2-1-5-12-6-8/h1-2,5-7H,3H2,(H,13,14). The Balaban J connectivity index is 2.31. The zero-order valence-electron chi connectivity index (χ0n) is 7.44. The number of hydrogen-bond donors (Lipinski definition) is 1. The van der Waals surface area contributed by atoms with Crippen LogP contribution in [0.2, 0.25) is 0 Å². The summed E-state index contributed by atoms with van der Waals surface area (Å²) in [6, 6.07) is 5.84. The monoisotopic (exact) mass is 184 g/mol. The molecule has 0 radical (unpaired) electrons. The number of aromatic nitrogens is 3. The normalized spacial score (nSPS) is 9.64. The van der Waals surface area contributed by atoms with Gasteiger partial charge < -0.3 is 4.98 Å². The number of imidazole rings is 1. The topological polar surface area (TPSA) is 65.4 Å². The van der Waals surface area contributed by atoms with Gasteiger partial charge in [-0.25, -0.2) is 4.98 Å². The van der Waals surface area contributed by atoms with E-state index < -0.39 is 0 Å². The van der Waals surface area contributed by atoms with Gasteiger partial charge in [-0.3, -0.25) is 4.98 Å². The maximum absolute atomic E-state index is 8.48. The zero-order chi connectivity index (χ0) is 9.80. The Bertz CT molecular complexity index is 452. The van der Waals surface area contributed by atoms with Gasteiger partial charge >= 0.3 is 0 Å². The van der Waals surface area contributed by atoms with Gasteiger partial charge in [-0.05, 0) is 12.1 Å². The van der Waals surface area contributed by atoms with Crippen molar-refractivity contribution >= 4 is 0 Å². The molecule has 0 unspecified atom stereocenters. The SMILES string of the molecule is N#CCc1ncc(-c2cccnc2)[nH]1. The molecule has 2 aromatic rings. The second kappa shape index (κ2) is 3.71. The van der Waals surface area contributed by atoms with Crippen molar-refractivity contribution in [3.8, 4) is 17.3 Å². The van der Waals surface area contributed by atoms with Crippen molar-refractivity contribution in [2.45, 2.75) is 6.42 Å². The molecule has 2 heterocycles. The Morgan fingerprint density at radius 1 is 1.43 bits per heavy atom. The van der Waals surface area contributed by atoms with E-state index in [4.69, 9.17) is 5.26 Å². The van der Waals surface area contributed by atoms with Crippen molar-refractivity contribution < 1.29 is 0 Å². The van der Waals surface area contributed by atoms with Gasteiger partial charge in [-0.15, -0.1) is 0 Å². The van der Waals surface area contributed by atoms with Gasteiger partial charge in [0.2, 0.25) is 0 Å². The first-order valence-corrected chi connectivity index (χ1v) is 4.21. The second-order valence-electron chi connectivity index (χ2n) is 2.82. The van der Waals surface area contributed by atoms with Crippen LogP contribution in [0.25, 0.3) is 11.3 Å². The number of rotatable bonds is 2. The van der Waals surface area contributed by atoms with E-state index in [2.05, 4.69) is 15.0 Å². The predicted molar refractivity (Wildman–Crippen MR) is 51.1 cm³/mol. The highest BCUT2D eigenvalue weighted by molar-refractivity contribution is 5.56. The molecule has 0 aliphatic rings. The maximum atomic E-state index is 8.48. The molecule has 0 atom stereocenters. The largest absolute Gasteiger partial charge is 0.341 e. The van der Waals surface area contributed by atoms with Crippen molar-refractivity contribution in [2.24, 2.45) is 0 Å². The van der Waals surface area contributed by atoms with E-state index in [1.165, 1.54) is 0 Å². The fourth-order valence-corrected chi connectivity index (χ4v) is 1.20. The average Bonchev–Trinajstić information content (AvgIpc) is 2.68. The second-order valence-corrected chi connectivity index (χ2v) is 2.82. The third kappa shape index (κ3) is 1.62. The van der Waals surface area contributed by atoms with Crippen molar-refractivity contribution in [3.63, 3.8) is 0 Å². The van der Waals surface area contributed by atoms with Crippen LogP contribution in [-0.4, -0.2) is 15.0 Å². The average molecular weight is 184 g/mol. The zero-order valence-corrected chi connectivity index (χ0v) is 7.44. The van der Waals surface area contributed by atoms with Crippen LogP contribution in [0.3, 0.4) is 0 Å². The molecule has 0 bridgehead atoms. The molecule has 0 spiro atoms. The third-order valence-corrected chi connectivity index (χ3v) is 1.85. The minimum atomic E-state index is 0.306. The Labute approximate surface area is 81.3 Å². The van der Waals surface area contributed by atoms with Crippen molar-refractivity contribution in [2.75, 3.05) is 0 Å². The number of nitriles is 1. The molecule has 4 heteroatoms. The van der Waals surface area contributed by atoms with Crippen LogP contribution in [0.1, 0.15) is 5.82 Å². The van der Waals surface area contributed by atoms with Gasteiger partial charge in [0.15, 0.2) is 0 Å². The number of aromatic amines is 1. The van der Waals surface area contributed by atoms with Crippen LogP contribution in [0.15, 0.2) is 30.7 Å². The number of nitrogens with one attached hydrogen (secondary N) is 1. The van der Waals surface area contributed by atoms with Gasteiger partial charge in [0.25, 0.3) is 0 Å². The lowest BCUT2D eigenvalue weighted by Gasteiger charge is -1.93. The highest BCUT2D eigenvalue weighted by atomic mass is 14.9. The summed E-state index contributed by atoms with van der Waals surface area (Å²) in [5.41, 5.74) is 1.87. The van der Waals surface area contributed by atoms with Gasteiger partial charge in [0.05, 0.1) is 24.4 Å². The number of nitrogens with zero attached hydrogens (tertiary/aromatic N) is 3. The smallest absolute Gasteiger partial charge is 0.120 e. The first kappa shape index (κ1) is 8.45. The van der Waals surface area contributed by atoms with E-state index in [-0.39, 0.29) is 0 Å². The minimum Gasteiger partial charge on any atom is -0.341 e. The van der Waals surface area contributed by atoms with Crippen molar-refractivity contribution in [3.05, 3.63) is 36.5 Å². The Morgan fingerprint density at radius 3 is 3.07 bits per heavy atom. The van der Waals surface area contributed by atoms with E-state index in [1.54, 1.807) is 18.6 Å². The quantitative estimate of drug-likeness (QED) is 0.769. The fraction of sp³-hybridized carbons (Fsp3) is 0.100. The van der Waals surface area contributed by atoms with Crippen LogP contribution in [0.5, 0.6) is 0 Å². The minimum absolute atomic E-state index is 0.306. The summed E-state index contributed by atoms with van der Waals surface area (Å²) in [6.07, 6.45) is 5.49. The molecule has 4 nitrogen and oxygen atoms in total. The summed E-state index contributed by atoms with van der Waals surface area (Å²) in [6.45, 7) is 0. The van der Waals surface area contributed by atoms with E-state index in [9.17, 15) is 0 Å². The molecule has 0 aromatic carbocycles. The highest BCUT2D eigenvalue weighted by Crippen LogP contribution is 2.14. The molecular formula is C10H8N4. The van der Waals surface area contributed by atoms with Crippen LogP contribution < -0.4 is 0 Å².